The zero-order valence-electron chi connectivity index (χ0n) is 14.7. The lowest BCUT2D eigenvalue weighted by atomic mass is 10.3. The molecule has 0 aliphatic rings. The number of ether oxygens (including phenoxy) is 2. The van der Waals surface area contributed by atoms with Gasteiger partial charge in [0.05, 0.1) is 13.2 Å². The van der Waals surface area contributed by atoms with Crippen LogP contribution in [-0.4, -0.2) is 109 Å². The second-order valence-corrected chi connectivity index (χ2v) is 5.36. The number of hydrogen-bond acceptors (Lipinski definition) is 11. The Labute approximate surface area is 147 Å². The number of hydrogen-bond donors (Lipinski definition) is 7. The Morgan fingerprint density at radius 2 is 1.92 bits per heavy atom. The van der Waals surface area contributed by atoms with Crippen molar-refractivity contribution in [3.8, 4) is 0 Å². The van der Waals surface area contributed by atoms with E-state index in [0.29, 0.717) is 31.1 Å². The smallest absolute Gasteiger partial charge is 0.221 e. The number of likely N-dealkylation sites (N-methyl/N-ethyl adjacent to an activating group) is 2. The molecule has 0 radical (unpaired) electrons. The fourth-order valence-corrected chi connectivity index (χ4v) is 1.71. The predicted molar refractivity (Wildman–Crippen MR) is 86.8 cm³/mol. The van der Waals surface area contributed by atoms with Gasteiger partial charge in [-0.3, -0.25) is 16.1 Å². The van der Waals surface area contributed by atoms with E-state index in [2.05, 4.69) is 10.7 Å². The van der Waals surface area contributed by atoms with Crippen LogP contribution < -0.4 is 16.6 Å². The number of hydrazine groups is 1. The second-order valence-electron chi connectivity index (χ2n) is 5.36. The molecule has 0 spiro atoms. The molecule has 0 rings (SSSR count). The Balaban J connectivity index is 3.99. The van der Waals surface area contributed by atoms with Gasteiger partial charge in [0.1, 0.15) is 0 Å². The fraction of sp³-hybridized carbons (Fsp3) is 0.923. The number of aliphatic hydroxyl groups is 3. The second kappa shape index (κ2) is 14.3. The normalized spacial score (nSPS) is 14.3. The summed E-state index contributed by atoms with van der Waals surface area (Å²) in [6, 6.07) is 0. The minimum atomic E-state index is -1.98. The SMILES string of the molecule is CN(CCNN)CCC(=O)NCCOC(OC(CO)N(C)O)C(O)O. The van der Waals surface area contributed by atoms with Gasteiger partial charge in [0, 0.05) is 39.6 Å². The molecule has 0 fully saturated rings. The summed E-state index contributed by atoms with van der Waals surface area (Å²) in [5, 5.41) is 39.8. The van der Waals surface area contributed by atoms with Gasteiger partial charge in [0.25, 0.3) is 0 Å². The molecule has 2 unspecified atom stereocenters. The average molecular weight is 369 g/mol. The van der Waals surface area contributed by atoms with Gasteiger partial charge in [0.15, 0.2) is 6.23 Å². The van der Waals surface area contributed by atoms with Crippen LogP contribution in [0.3, 0.4) is 0 Å². The van der Waals surface area contributed by atoms with E-state index in [1.54, 1.807) is 0 Å². The van der Waals surface area contributed by atoms with E-state index < -0.39 is 25.4 Å². The molecule has 0 aromatic carbocycles. The number of hydroxylamine groups is 2. The van der Waals surface area contributed by atoms with Crippen LogP contribution in [0.4, 0.5) is 0 Å². The van der Waals surface area contributed by atoms with Crippen molar-refractivity contribution in [1.29, 1.82) is 0 Å². The van der Waals surface area contributed by atoms with Crippen LogP contribution in [0.1, 0.15) is 6.42 Å². The van der Waals surface area contributed by atoms with Crippen LogP contribution >= 0.6 is 0 Å². The van der Waals surface area contributed by atoms with E-state index in [4.69, 9.17) is 20.4 Å². The van der Waals surface area contributed by atoms with Crippen LogP contribution in [0.15, 0.2) is 0 Å². The van der Waals surface area contributed by atoms with Crippen molar-refractivity contribution < 1.29 is 34.8 Å². The van der Waals surface area contributed by atoms with Gasteiger partial charge in [-0.2, -0.15) is 5.06 Å². The highest BCUT2D eigenvalue weighted by molar-refractivity contribution is 5.75. The van der Waals surface area contributed by atoms with Gasteiger partial charge < -0.3 is 40.2 Å². The van der Waals surface area contributed by atoms with Crippen molar-refractivity contribution in [3.05, 3.63) is 0 Å². The molecule has 0 aliphatic carbocycles. The Kier molecular flexibility index (Phi) is 13.7. The number of carbonyl (C=O) groups is 1. The maximum absolute atomic E-state index is 11.7. The highest BCUT2D eigenvalue weighted by atomic mass is 16.7. The Bertz CT molecular complexity index is 349. The van der Waals surface area contributed by atoms with E-state index in [-0.39, 0.29) is 19.1 Å². The molecular formula is C13H31N5O7. The highest BCUT2D eigenvalue weighted by Gasteiger charge is 2.24. The fourth-order valence-electron chi connectivity index (χ4n) is 1.71. The van der Waals surface area contributed by atoms with E-state index in [9.17, 15) is 20.2 Å². The van der Waals surface area contributed by atoms with E-state index >= 15 is 0 Å². The first-order chi connectivity index (χ1) is 11.8. The number of carbonyl (C=O) groups excluding carboxylic acids is 1. The molecule has 1 amide bonds. The monoisotopic (exact) mass is 369 g/mol. The Morgan fingerprint density at radius 1 is 1.24 bits per heavy atom. The minimum Gasteiger partial charge on any atom is -0.392 e. The lowest BCUT2D eigenvalue weighted by Gasteiger charge is -2.27. The number of nitrogens with zero attached hydrogens (tertiary/aromatic N) is 2. The van der Waals surface area contributed by atoms with Gasteiger partial charge in [0.2, 0.25) is 18.5 Å². The van der Waals surface area contributed by atoms with Crippen molar-refractivity contribution in [3.63, 3.8) is 0 Å². The van der Waals surface area contributed by atoms with Gasteiger partial charge in [-0.15, -0.1) is 0 Å². The summed E-state index contributed by atoms with van der Waals surface area (Å²) in [5.74, 6) is 4.99. The van der Waals surface area contributed by atoms with Crippen LogP contribution in [0.2, 0.25) is 0 Å². The van der Waals surface area contributed by atoms with Crippen molar-refractivity contribution in [2.75, 3.05) is 53.5 Å². The third-order valence-electron chi connectivity index (χ3n) is 3.17. The molecule has 0 aromatic rings. The van der Waals surface area contributed by atoms with Crippen molar-refractivity contribution in [2.45, 2.75) is 25.2 Å². The quantitative estimate of drug-likeness (QED) is 0.0653. The molecule has 0 aromatic heterocycles. The lowest BCUT2D eigenvalue weighted by Crippen LogP contribution is -2.43. The number of amides is 1. The summed E-state index contributed by atoms with van der Waals surface area (Å²) in [5.41, 5.74) is 2.53. The van der Waals surface area contributed by atoms with Crippen LogP contribution in [0, 0.1) is 0 Å². The first kappa shape index (κ1) is 24.1. The molecule has 8 N–H and O–H groups in total. The molecular weight excluding hydrogens is 338 g/mol. The molecule has 12 heteroatoms. The summed E-state index contributed by atoms with van der Waals surface area (Å²) in [6.45, 7) is 1.41. The maximum Gasteiger partial charge on any atom is 0.221 e. The van der Waals surface area contributed by atoms with Crippen molar-refractivity contribution in [2.24, 2.45) is 5.84 Å². The Morgan fingerprint density at radius 3 is 2.44 bits per heavy atom. The summed E-state index contributed by atoms with van der Waals surface area (Å²) >= 11 is 0. The topological polar surface area (TPSA) is 173 Å². The third kappa shape index (κ3) is 12.1. The average Bonchev–Trinajstić information content (AvgIpc) is 2.56. The zero-order chi connectivity index (χ0) is 19.2. The summed E-state index contributed by atoms with van der Waals surface area (Å²) in [6.07, 6.45) is -4.35. The molecule has 25 heavy (non-hydrogen) atoms. The summed E-state index contributed by atoms with van der Waals surface area (Å²) in [4.78, 5) is 13.6. The number of aliphatic hydroxyl groups excluding tert-OH is 2. The minimum absolute atomic E-state index is 0.0474. The molecule has 12 nitrogen and oxygen atoms in total. The van der Waals surface area contributed by atoms with Crippen molar-refractivity contribution in [1.82, 2.24) is 20.7 Å². The van der Waals surface area contributed by atoms with Gasteiger partial charge >= 0.3 is 0 Å². The zero-order valence-corrected chi connectivity index (χ0v) is 14.7. The first-order valence-electron chi connectivity index (χ1n) is 7.86. The maximum atomic E-state index is 11.7. The standard InChI is InChI=1S/C13H31N5O7/c1-17(7-4-16-14)6-3-10(20)15-5-8-24-13(12(21)22)25-11(9-19)18(2)23/h11-13,16,19,21-23H,3-9,14H2,1-2H3,(H,15,20). The lowest BCUT2D eigenvalue weighted by molar-refractivity contribution is -0.319. The number of rotatable bonds is 15. The molecule has 0 aliphatic heterocycles. The number of nitrogens with one attached hydrogen (secondary N) is 2. The van der Waals surface area contributed by atoms with Crippen LogP contribution in [0.5, 0.6) is 0 Å². The molecule has 0 saturated heterocycles. The molecule has 0 saturated carbocycles. The van der Waals surface area contributed by atoms with E-state index in [0.717, 1.165) is 0 Å². The predicted octanol–water partition coefficient (Wildman–Crippen LogP) is -3.80. The number of nitrogens with two attached hydrogens (primary N) is 1. The Hall–Kier alpha value is -0.930. The molecule has 150 valence electrons. The van der Waals surface area contributed by atoms with E-state index in [1.165, 1.54) is 7.05 Å². The summed E-state index contributed by atoms with van der Waals surface area (Å²) in [7, 11) is 3.09. The molecule has 2 atom stereocenters. The van der Waals surface area contributed by atoms with E-state index in [1.807, 2.05) is 11.9 Å². The first-order valence-corrected chi connectivity index (χ1v) is 7.86. The van der Waals surface area contributed by atoms with Crippen LogP contribution in [0.25, 0.3) is 0 Å². The van der Waals surface area contributed by atoms with Gasteiger partial charge in [-0.25, -0.2) is 0 Å². The largest absolute Gasteiger partial charge is 0.392 e. The molecule has 0 bridgehead atoms. The third-order valence-corrected chi connectivity index (χ3v) is 3.17. The summed E-state index contributed by atoms with van der Waals surface area (Å²) < 4.78 is 10.1. The molecule has 0 heterocycles. The van der Waals surface area contributed by atoms with Gasteiger partial charge in [-0.05, 0) is 7.05 Å². The van der Waals surface area contributed by atoms with Crippen molar-refractivity contribution >= 4 is 5.91 Å². The van der Waals surface area contributed by atoms with Gasteiger partial charge in [-0.1, -0.05) is 0 Å². The highest BCUT2D eigenvalue weighted by Crippen LogP contribution is 2.06. The van der Waals surface area contributed by atoms with Crippen LogP contribution in [-0.2, 0) is 14.3 Å².